The Morgan fingerprint density at radius 3 is 2.67 bits per heavy atom. The number of nitrogens with one attached hydrogen (secondary N) is 1. The number of nitro groups is 1. The maximum atomic E-state index is 13.6. The third-order valence-corrected chi connectivity index (χ3v) is 2.78. The van der Waals surface area contributed by atoms with Crippen LogP contribution in [-0.2, 0) is 0 Å². The van der Waals surface area contributed by atoms with Gasteiger partial charge >= 0.3 is 0 Å². The van der Waals surface area contributed by atoms with Crippen LogP contribution >= 0.6 is 11.6 Å². The van der Waals surface area contributed by atoms with E-state index >= 15 is 0 Å². The van der Waals surface area contributed by atoms with Gasteiger partial charge in [0.05, 0.1) is 16.0 Å². The highest BCUT2D eigenvalue weighted by Gasteiger charge is 2.16. The predicted molar refractivity (Wildman–Crippen MR) is 71.9 cm³/mol. The van der Waals surface area contributed by atoms with E-state index in [1.54, 1.807) is 0 Å². The Labute approximate surface area is 122 Å². The highest BCUT2D eigenvalue weighted by atomic mass is 35.5. The first kappa shape index (κ1) is 14.9. The molecule has 110 valence electrons. The quantitative estimate of drug-likeness (QED) is 0.686. The zero-order valence-electron chi connectivity index (χ0n) is 10.6. The topological polar surface area (TPSA) is 77.3 Å². The number of pyridine rings is 1. The molecule has 0 spiro atoms. The van der Waals surface area contributed by atoms with Crippen LogP contribution in [0.2, 0.25) is 5.02 Å². The Morgan fingerprint density at radius 2 is 2.05 bits per heavy atom. The van der Waals surface area contributed by atoms with Crippen molar-refractivity contribution >= 4 is 23.1 Å². The van der Waals surface area contributed by atoms with E-state index in [0.29, 0.717) is 6.07 Å². The van der Waals surface area contributed by atoms with Crippen molar-refractivity contribution in [3.8, 4) is 11.6 Å². The van der Waals surface area contributed by atoms with Gasteiger partial charge in [-0.1, -0.05) is 11.6 Å². The second-order valence-corrected chi connectivity index (χ2v) is 4.24. The van der Waals surface area contributed by atoms with Crippen molar-refractivity contribution in [3.63, 3.8) is 0 Å². The summed E-state index contributed by atoms with van der Waals surface area (Å²) in [6.07, 6.45) is 0. The van der Waals surface area contributed by atoms with Crippen molar-refractivity contribution in [2.24, 2.45) is 0 Å². The summed E-state index contributed by atoms with van der Waals surface area (Å²) in [5.74, 6) is -2.90. The molecule has 0 saturated heterocycles. The number of non-ortho nitro benzene ring substituents is 1. The van der Waals surface area contributed by atoms with E-state index in [1.165, 1.54) is 19.2 Å². The van der Waals surface area contributed by atoms with Gasteiger partial charge in [0.1, 0.15) is 0 Å². The molecule has 0 amide bonds. The maximum Gasteiger partial charge on any atom is 0.273 e. The number of nitrogens with zero attached hydrogens (tertiary/aromatic N) is 2. The van der Waals surface area contributed by atoms with Gasteiger partial charge in [-0.3, -0.25) is 10.1 Å². The third-order valence-electron chi connectivity index (χ3n) is 2.47. The molecule has 0 atom stereocenters. The van der Waals surface area contributed by atoms with Crippen molar-refractivity contribution in [1.82, 2.24) is 4.98 Å². The van der Waals surface area contributed by atoms with Gasteiger partial charge < -0.3 is 10.1 Å². The third kappa shape index (κ3) is 3.16. The number of nitro benzene ring substituents is 1. The number of hydrogen-bond donors (Lipinski definition) is 1. The number of anilines is 1. The molecule has 0 aliphatic rings. The molecule has 0 aliphatic carbocycles. The van der Waals surface area contributed by atoms with Crippen LogP contribution < -0.4 is 10.1 Å². The normalized spacial score (nSPS) is 10.3. The Morgan fingerprint density at radius 1 is 1.33 bits per heavy atom. The Bertz CT molecular complexity index is 712. The second kappa shape index (κ2) is 5.88. The van der Waals surface area contributed by atoms with Crippen molar-refractivity contribution in [2.75, 3.05) is 12.4 Å². The Kier molecular flexibility index (Phi) is 4.18. The molecule has 1 aromatic heterocycles. The Hall–Kier alpha value is -2.48. The van der Waals surface area contributed by atoms with Crippen LogP contribution in [0.4, 0.5) is 20.3 Å². The molecule has 0 fully saturated rings. The molecule has 1 aromatic carbocycles. The van der Waals surface area contributed by atoms with Gasteiger partial charge in [-0.25, -0.2) is 8.78 Å². The molecule has 0 aliphatic heterocycles. The summed E-state index contributed by atoms with van der Waals surface area (Å²) in [5, 5.41) is 13.1. The van der Waals surface area contributed by atoms with Gasteiger partial charge in [0.2, 0.25) is 0 Å². The van der Waals surface area contributed by atoms with E-state index in [1.807, 2.05) is 0 Å². The van der Waals surface area contributed by atoms with Gasteiger partial charge in [0.25, 0.3) is 11.6 Å². The van der Waals surface area contributed by atoms with Gasteiger partial charge in [-0.2, -0.15) is 4.98 Å². The molecule has 0 bridgehead atoms. The summed E-state index contributed by atoms with van der Waals surface area (Å²) < 4.78 is 32.0. The maximum absolute atomic E-state index is 13.6. The summed E-state index contributed by atoms with van der Waals surface area (Å²) in [6.45, 7) is 0. The fourth-order valence-electron chi connectivity index (χ4n) is 1.48. The predicted octanol–water partition coefficient (Wildman–Crippen LogP) is 3.76. The van der Waals surface area contributed by atoms with Crippen LogP contribution in [0.1, 0.15) is 0 Å². The first-order valence-corrected chi connectivity index (χ1v) is 5.95. The molecular formula is C12H8ClF2N3O3. The van der Waals surface area contributed by atoms with Gasteiger partial charge in [-0.05, 0) is 6.07 Å². The minimum Gasteiger partial charge on any atom is -0.435 e. The molecule has 0 saturated carbocycles. The molecule has 2 aromatic rings. The number of rotatable bonds is 4. The monoisotopic (exact) mass is 315 g/mol. The summed E-state index contributed by atoms with van der Waals surface area (Å²) in [4.78, 5) is 13.6. The molecule has 1 heterocycles. The van der Waals surface area contributed by atoms with Gasteiger partial charge in [-0.15, -0.1) is 0 Å². The number of ether oxygens (including phenoxy) is 1. The van der Waals surface area contributed by atoms with Crippen LogP contribution in [0.3, 0.4) is 0 Å². The lowest BCUT2D eigenvalue weighted by molar-refractivity contribution is -0.384. The summed E-state index contributed by atoms with van der Waals surface area (Å²) >= 11 is 5.82. The zero-order chi connectivity index (χ0) is 15.6. The van der Waals surface area contributed by atoms with Crippen molar-refractivity contribution in [3.05, 3.63) is 51.0 Å². The standard InChI is InChI=1S/C12H8ClF2N3O3/c1-16-11-8(14)5-9(15)12(17-11)21-10-4-6(18(19)20)2-3-7(10)13/h2-5H,1H3,(H,16,17). The molecule has 2 rings (SSSR count). The number of benzene rings is 1. The van der Waals surface area contributed by atoms with Gasteiger partial charge in [0, 0.05) is 19.2 Å². The summed E-state index contributed by atoms with van der Waals surface area (Å²) in [6, 6.07) is 4.00. The van der Waals surface area contributed by atoms with Gasteiger partial charge in [0.15, 0.2) is 23.2 Å². The molecule has 1 N–H and O–H groups in total. The van der Waals surface area contributed by atoms with Crippen LogP contribution in [0.25, 0.3) is 0 Å². The highest BCUT2D eigenvalue weighted by Crippen LogP contribution is 2.33. The number of halogens is 3. The van der Waals surface area contributed by atoms with E-state index in [-0.39, 0.29) is 22.3 Å². The SMILES string of the molecule is CNc1nc(Oc2cc([N+](=O)[O-])ccc2Cl)c(F)cc1F. The van der Waals surface area contributed by atoms with Crippen molar-refractivity contribution < 1.29 is 18.4 Å². The second-order valence-electron chi connectivity index (χ2n) is 3.83. The van der Waals surface area contributed by atoms with Crippen LogP contribution in [0, 0.1) is 21.7 Å². The smallest absolute Gasteiger partial charge is 0.273 e. The Balaban J connectivity index is 2.42. The molecule has 6 nitrogen and oxygen atoms in total. The first-order chi connectivity index (χ1) is 9.92. The zero-order valence-corrected chi connectivity index (χ0v) is 11.3. The lowest BCUT2D eigenvalue weighted by Crippen LogP contribution is -2.01. The molecule has 0 unspecified atom stereocenters. The number of aromatic nitrogens is 1. The fourth-order valence-corrected chi connectivity index (χ4v) is 1.64. The first-order valence-electron chi connectivity index (χ1n) is 5.58. The molecule has 9 heteroatoms. The highest BCUT2D eigenvalue weighted by molar-refractivity contribution is 6.32. The largest absolute Gasteiger partial charge is 0.435 e. The molecule has 21 heavy (non-hydrogen) atoms. The summed E-state index contributed by atoms with van der Waals surface area (Å²) in [5.41, 5.74) is -0.286. The van der Waals surface area contributed by atoms with E-state index < -0.39 is 22.4 Å². The van der Waals surface area contributed by atoms with E-state index in [9.17, 15) is 18.9 Å². The minimum atomic E-state index is -1.06. The van der Waals surface area contributed by atoms with Crippen LogP contribution in [-0.4, -0.2) is 17.0 Å². The van der Waals surface area contributed by atoms with Crippen molar-refractivity contribution in [1.29, 1.82) is 0 Å². The average molecular weight is 316 g/mol. The van der Waals surface area contributed by atoms with Crippen LogP contribution in [0.5, 0.6) is 11.6 Å². The average Bonchev–Trinajstić information content (AvgIpc) is 2.43. The molecular weight excluding hydrogens is 308 g/mol. The molecule has 0 radical (unpaired) electrons. The fraction of sp³-hybridized carbons (Fsp3) is 0.0833. The summed E-state index contributed by atoms with van der Waals surface area (Å²) in [7, 11) is 1.40. The van der Waals surface area contributed by atoms with Crippen molar-refractivity contribution in [2.45, 2.75) is 0 Å². The van der Waals surface area contributed by atoms with E-state index in [2.05, 4.69) is 10.3 Å². The number of hydrogen-bond acceptors (Lipinski definition) is 5. The van der Waals surface area contributed by atoms with E-state index in [0.717, 1.165) is 6.07 Å². The lowest BCUT2D eigenvalue weighted by Gasteiger charge is -2.09. The van der Waals surface area contributed by atoms with Crippen LogP contribution in [0.15, 0.2) is 24.3 Å². The lowest BCUT2D eigenvalue weighted by atomic mass is 10.3. The van der Waals surface area contributed by atoms with E-state index in [4.69, 9.17) is 16.3 Å². The minimum absolute atomic E-state index is 0.0251.